The van der Waals surface area contributed by atoms with Crippen molar-refractivity contribution in [3.05, 3.63) is 30.1 Å². The maximum absolute atomic E-state index is 10.7. The van der Waals surface area contributed by atoms with E-state index in [1.807, 2.05) is 17.8 Å². The summed E-state index contributed by atoms with van der Waals surface area (Å²) in [5.74, 6) is 0.0320. The highest BCUT2D eigenvalue weighted by atomic mass is 16.4. The molecule has 0 aromatic carbocycles. The molecule has 0 saturated carbocycles. The zero-order valence-electron chi connectivity index (χ0n) is 11.2. The summed E-state index contributed by atoms with van der Waals surface area (Å²) in [6, 6.07) is 0.219. The lowest BCUT2D eigenvalue weighted by Gasteiger charge is -2.38. The van der Waals surface area contributed by atoms with Crippen molar-refractivity contribution in [3.8, 4) is 0 Å². The van der Waals surface area contributed by atoms with Crippen LogP contribution in [-0.2, 0) is 13.5 Å². The average molecular weight is 276 g/mol. The smallest absolute Gasteiger partial charge is 0.358 e. The van der Waals surface area contributed by atoms with Crippen molar-refractivity contribution in [3.63, 3.8) is 0 Å². The summed E-state index contributed by atoms with van der Waals surface area (Å²) in [5, 5.41) is 16.3. The van der Waals surface area contributed by atoms with Gasteiger partial charge in [-0.3, -0.25) is 4.90 Å². The Hall–Kier alpha value is -2.22. The number of nitrogens with zero attached hydrogens (tertiary/aromatic N) is 6. The molecule has 2 aromatic heterocycles. The molecular weight excluding hydrogens is 260 g/mol. The van der Waals surface area contributed by atoms with Crippen molar-refractivity contribution in [1.29, 1.82) is 0 Å². The van der Waals surface area contributed by atoms with Crippen molar-refractivity contribution < 1.29 is 9.90 Å². The standard InChI is InChI=1S/C12H16N6O2/c1-16-5-3-13-11(16)2-4-17-6-9(7-17)18-8-10(12(19)20)14-15-18/h3,5,8-9H,2,4,6-7H2,1H3,(H,19,20). The molecule has 1 saturated heterocycles. The molecule has 0 radical (unpaired) electrons. The summed E-state index contributed by atoms with van der Waals surface area (Å²) in [7, 11) is 1.99. The molecule has 0 aliphatic carbocycles. The molecule has 3 rings (SSSR count). The lowest BCUT2D eigenvalue weighted by atomic mass is 10.1. The van der Waals surface area contributed by atoms with Crippen LogP contribution in [0, 0.1) is 0 Å². The summed E-state index contributed by atoms with van der Waals surface area (Å²) in [4.78, 5) is 17.3. The van der Waals surface area contributed by atoms with Crippen molar-refractivity contribution in [2.75, 3.05) is 19.6 Å². The number of likely N-dealkylation sites (tertiary alicyclic amines) is 1. The van der Waals surface area contributed by atoms with Gasteiger partial charge in [0, 0.05) is 45.5 Å². The van der Waals surface area contributed by atoms with Crippen molar-refractivity contribution in [1.82, 2.24) is 29.4 Å². The minimum absolute atomic E-state index is 0.00328. The quantitative estimate of drug-likeness (QED) is 0.814. The summed E-state index contributed by atoms with van der Waals surface area (Å²) in [6.45, 7) is 2.68. The lowest BCUT2D eigenvalue weighted by Crippen LogP contribution is -2.48. The Morgan fingerprint density at radius 1 is 1.50 bits per heavy atom. The van der Waals surface area contributed by atoms with Gasteiger partial charge in [-0.05, 0) is 0 Å². The van der Waals surface area contributed by atoms with E-state index in [9.17, 15) is 4.79 Å². The Bertz CT molecular complexity index is 613. The molecule has 1 fully saturated rings. The molecule has 1 aliphatic rings. The van der Waals surface area contributed by atoms with Gasteiger partial charge in [0.1, 0.15) is 5.82 Å². The van der Waals surface area contributed by atoms with Crippen LogP contribution >= 0.6 is 0 Å². The first-order chi connectivity index (χ1) is 9.63. The van der Waals surface area contributed by atoms with Crippen LogP contribution in [0.1, 0.15) is 22.4 Å². The van der Waals surface area contributed by atoms with Gasteiger partial charge in [-0.25, -0.2) is 14.5 Å². The minimum Gasteiger partial charge on any atom is -0.476 e. The van der Waals surface area contributed by atoms with Gasteiger partial charge in [-0.15, -0.1) is 5.10 Å². The largest absolute Gasteiger partial charge is 0.476 e. The van der Waals surface area contributed by atoms with E-state index in [0.29, 0.717) is 0 Å². The fraction of sp³-hybridized carbons (Fsp3) is 0.500. The Kier molecular flexibility index (Phi) is 3.23. The molecule has 8 nitrogen and oxygen atoms in total. The van der Waals surface area contributed by atoms with E-state index in [0.717, 1.165) is 31.9 Å². The zero-order valence-corrected chi connectivity index (χ0v) is 11.2. The average Bonchev–Trinajstić information content (AvgIpc) is 2.97. The Morgan fingerprint density at radius 2 is 2.30 bits per heavy atom. The molecule has 20 heavy (non-hydrogen) atoms. The highest BCUT2D eigenvalue weighted by molar-refractivity contribution is 5.84. The molecule has 2 aromatic rings. The van der Waals surface area contributed by atoms with E-state index in [1.165, 1.54) is 6.20 Å². The molecular formula is C12H16N6O2. The van der Waals surface area contributed by atoms with E-state index in [-0.39, 0.29) is 11.7 Å². The van der Waals surface area contributed by atoms with E-state index < -0.39 is 5.97 Å². The van der Waals surface area contributed by atoms with Gasteiger partial charge < -0.3 is 9.67 Å². The van der Waals surface area contributed by atoms with E-state index in [2.05, 4.69) is 20.2 Å². The number of carboxylic acid groups (broad SMARTS) is 1. The summed E-state index contributed by atoms with van der Waals surface area (Å²) >= 11 is 0. The Labute approximate surface area is 115 Å². The highest BCUT2D eigenvalue weighted by Crippen LogP contribution is 2.20. The summed E-state index contributed by atoms with van der Waals surface area (Å²) < 4.78 is 3.66. The molecule has 3 heterocycles. The van der Waals surface area contributed by atoms with E-state index in [1.54, 1.807) is 10.9 Å². The molecule has 0 unspecified atom stereocenters. The molecule has 0 bridgehead atoms. The van der Waals surface area contributed by atoms with Gasteiger partial charge in [-0.2, -0.15) is 0 Å². The highest BCUT2D eigenvalue weighted by Gasteiger charge is 2.29. The summed E-state index contributed by atoms with van der Waals surface area (Å²) in [5.41, 5.74) is -0.00328. The van der Waals surface area contributed by atoms with Gasteiger partial charge in [0.05, 0.1) is 12.2 Å². The van der Waals surface area contributed by atoms with Crippen LogP contribution in [0.25, 0.3) is 0 Å². The van der Waals surface area contributed by atoms with Crippen LogP contribution in [0.5, 0.6) is 0 Å². The minimum atomic E-state index is -1.04. The first-order valence-electron chi connectivity index (χ1n) is 6.47. The number of aryl methyl sites for hydroxylation is 1. The van der Waals surface area contributed by atoms with E-state index >= 15 is 0 Å². The van der Waals surface area contributed by atoms with Crippen LogP contribution in [0.15, 0.2) is 18.6 Å². The fourth-order valence-corrected chi connectivity index (χ4v) is 2.34. The van der Waals surface area contributed by atoms with E-state index in [4.69, 9.17) is 5.11 Å². The van der Waals surface area contributed by atoms with Gasteiger partial charge >= 0.3 is 5.97 Å². The van der Waals surface area contributed by atoms with Gasteiger partial charge in [0.15, 0.2) is 5.69 Å². The van der Waals surface area contributed by atoms with Crippen LogP contribution in [-0.4, -0.2) is 60.2 Å². The summed E-state index contributed by atoms with van der Waals surface area (Å²) in [6.07, 6.45) is 6.14. The molecule has 1 N–H and O–H groups in total. The predicted octanol–water partition coefficient (Wildman–Crippen LogP) is -0.191. The van der Waals surface area contributed by atoms with Gasteiger partial charge in [0.25, 0.3) is 0 Å². The van der Waals surface area contributed by atoms with Gasteiger partial charge in [-0.1, -0.05) is 5.21 Å². The van der Waals surface area contributed by atoms with Crippen LogP contribution < -0.4 is 0 Å². The topological polar surface area (TPSA) is 89.1 Å². The van der Waals surface area contributed by atoms with Crippen LogP contribution in [0.2, 0.25) is 0 Å². The second-order valence-electron chi connectivity index (χ2n) is 5.01. The lowest BCUT2D eigenvalue weighted by molar-refractivity contribution is 0.0690. The zero-order chi connectivity index (χ0) is 14.1. The molecule has 1 aliphatic heterocycles. The van der Waals surface area contributed by atoms with Crippen LogP contribution in [0.4, 0.5) is 0 Å². The third-order valence-electron chi connectivity index (χ3n) is 3.61. The number of carbonyl (C=O) groups is 1. The first kappa shape index (κ1) is 12.8. The Morgan fingerprint density at radius 3 is 2.90 bits per heavy atom. The Balaban J connectivity index is 1.48. The number of hydrogen-bond acceptors (Lipinski definition) is 5. The van der Waals surface area contributed by atoms with Crippen molar-refractivity contribution >= 4 is 5.97 Å². The van der Waals surface area contributed by atoms with Crippen molar-refractivity contribution in [2.24, 2.45) is 7.05 Å². The molecule has 8 heteroatoms. The third-order valence-corrected chi connectivity index (χ3v) is 3.61. The fourth-order valence-electron chi connectivity index (χ4n) is 2.34. The number of hydrogen-bond donors (Lipinski definition) is 1. The maximum atomic E-state index is 10.7. The number of rotatable bonds is 5. The third kappa shape index (κ3) is 2.42. The number of carboxylic acids is 1. The molecule has 0 amide bonds. The first-order valence-corrected chi connectivity index (χ1v) is 6.47. The SMILES string of the molecule is Cn1ccnc1CCN1CC(n2cc(C(=O)O)nn2)C1. The monoisotopic (exact) mass is 276 g/mol. The predicted molar refractivity (Wildman–Crippen MR) is 69.4 cm³/mol. The normalized spacial score (nSPS) is 16.2. The van der Waals surface area contributed by atoms with Crippen LogP contribution in [0.3, 0.4) is 0 Å². The molecule has 106 valence electrons. The second-order valence-corrected chi connectivity index (χ2v) is 5.01. The molecule has 0 atom stereocenters. The number of imidazole rings is 1. The van der Waals surface area contributed by atoms with Gasteiger partial charge in [0.2, 0.25) is 0 Å². The molecule has 0 spiro atoms. The number of aromatic nitrogens is 5. The number of aromatic carboxylic acids is 1. The second kappa shape index (κ2) is 5.04. The maximum Gasteiger partial charge on any atom is 0.358 e. The van der Waals surface area contributed by atoms with Crippen molar-refractivity contribution in [2.45, 2.75) is 12.5 Å².